The minimum Gasteiger partial charge on any atom is -0.465 e. The molecule has 0 radical (unpaired) electrons. The van der Waals surface area contributed by atoms with E-state index in [-0.39, 0.29) is 12.5 Å². The highest BCUT2D eigenvalue weighted by molar-refractivity contribution is 5.71. The molecule has 1 aromatic rings. The number of carbonyl (C=O) groups is 1. The van der Waals surface area contributed by atoms with Gasteiger partial charge in [-0.1, -0.05) is 0 Å². The molecule has 0 N–H and O–H groups in total. The molecule has 0 bridgehead atoms. The smallest absolute Gasteiger partial charge is 0.320 e. The Morgan fingerprint density at radius 3 is 2.80 bits per heavy atom. The van der Waals surface area contributed by atoms with E-state index in [1.54, 1.807) is 25.8 Å². The molecule has 0 aliphatic carbocycles. The summed E-state index contributed by atoms with van der Waals surface area (Å²) in [5, 5.41) is 7.52. The van der Waals surface area contributed by atoms with Crippen LogP contribution < -0.4 is 0 Å². The number of nitrogens with zero attached hydrogens (tertiary/aromatic N) is 3. The molecule has 0 amide bonds. The van der Waals surface area contributed by atoms with E-state index in [1.165, 1.54) is 0 Å². The number of likely N-dealkylation sites (N-methyl/N-ethyl adjacent to an activating group) is 1. The van der Waals surface area contributed by atoms with Crippen molar-refractivity contribution in [2.75, 3.05) is 20.2 Å². The van der Waals surface area contributed by atoms with Gasteiger partial charge in [-0.15, -0.1) is 10.2 Å². The number of esters is 1. The Balaban J connectivity index is 2.35. The van der Waals surface area contributed by atoms with Crippen molar-refractivity contribution in [3.05, 3.63) is 11.8 Å². The van der Waals surface area contributed by atoms with Crippen molar-refractivity contribution < 1.29 is 13.9 Å². The van der Waals surface area contributed by atoms with Gasteiger partial charge in [0.25, 0.3) is 0 Å². The summed E-state index contributed by atoms with van der Waals surface area (Å²) in [4.78, 5) is 12.9. The molecule has 0 aliphatic rings. The van der Waals surface area contributed by atoms with E-state index >= 15 is 0 Å². The predicted molar refractivity (Wildman–Crippen MR) is 52.0 cm³/mol. The average molecular weight is 213 g/mol. The summed E-state index contributed by atoms with van der Waals surface area (Å²) in [6.45, 7) is 4.56. The molecule has 0 saturated carbocycles. The van der Waals surface area contributed by atoms with E-state index in [1.807, 2.05) is 0 Å². The zero-order chi connectivity index (χ0) is 11.3. The number of hydrogen-bond donors (Lipinski definition) is 0. The predicted octanol–water partition coefficient (Wildman–Crippen LogP) is 0.373. The molecule has 6 nitrogen and oxygen atoms in total. The molecular weight excluding hydrogens is 198 g/mol. The van der Waals surface area contributed by atoms with Crippen LogP contribution in [0.15, 0.2) is 4.42 Å². The number of aromatic nitrogens is 2. The summed E-state index contributed by atoms with van der Waals surface area (Å²) >= 11 is 0. The molecular formula is C9H15N3O3. The maximum Gasteiger partial charge on any atom is 0.320 e. The van der Waals surface area contributed by atoms with Crippen LogP contribution in [0.2, 0.25) is 0 Å². The molecule has 0 saturated heterocycles. The van der Waals surface area contributed by atoms with E-state index in [0.29, 0.717) is 24.9 Å². The van der Waals surface area contributed by atoms with Crippen LogP contribution in [0.5, 0.6) is 0 Å². The van der Waals surface area contributed by atoms with E-state index in [0.717, 1.165) is 0 Å². The number of carbonyl (C=O) groups excluding carboxylic acids is 1. The maximum absolute atomic E-state index is 11.1. The maximum atomic E-state index is 11.1. The lowest BCUT2D eigenvalue weighted by atomic mass is 10.5. The van der Waals surface area contributed by atoms with Crippen LogP contribution in [0.3, 0.4) is 0 Å². The SMILES string of the molecule is CCOC(=O)CN(C)Cc1nnc(C)o1. The van der Waals surface area contributed by atoms with Gasteiger partial charge >= 0.3 is 5.97 Å². The van der Waals surface area contributed by atoms with Crippen LogP contribution in [0.1, 0.15) is 18.7 Å². The van der Waals surface area contributed by atoms with Crippen LogP contribution in [0, 0.1) is 6.92 Å². The first-order valence-electron chi connectivity index (χ1n) is 4.75. The molecule has 0 aliphatic heterocycles. The van der Waals surface area contributed by atoms with E-state index in [9.17, 15) is 4.79 Å². The second-order valence-electron chi connectivity index (χ2n) is 3.19. The van der Waals surface area contributed by atoms with E-state index in [4.69, 9.17) is 9.15 Å². The molecule has 1 aromatic heterocycles. The highest BCUT2D eigenvalue weighted by Crippen LogP contribution is 2.01. The van der Waals surface area contributed by atoms with Gasteiger partial charge in [0.15, 0.2) is 0 Å². The van der Waals surface area contributed by atoms with Gasteiger partial charge < -0.3 is 9.15 Å². The normalized spacial score (nSPS) is 10.7. The molecule has 1 heterocycles. The van der Waals surface area contributed by atoms with Gasteiger partial charge in [0, 0.05) is 6.92 Å². The summed E-state index contributed by atoms with van der Waals surface area (Å²) in [7, 11) is 1.79. The van der Waals surface area contributed by atoms with Crippen molar-refractivity contribution in [1.29, 1.82) is 0 Å². The number of rotatable bonds is 5. The quantitative estimate of drug-likeness (QED) is 0.658. The van der Waals surface area contributed by atoms with E-state index < -0.39 is 0 Å². The lowest BCUT2D eigenvalue weighted by Gasteiger charge is -2.12. The van der Waals surface area contributed by atoms with Crippen molar-refractivity contribution in [1.82, 2.24) is 15.1 Å². The molecule has 84 valence electrons. The van der Waals surface area contributed by atoms with Gasteiger partial charge in [-0.25, -0.2) is 0 Å². The monoisotopic (exact) mass is 213 g/mol. The van der Waals surface area contributed by atoms with Gasteiger partial charge in [-0.2, -0.15) is 0 Å². The first-order valence-corrected chi connectivity index (χ1v) is 4.75. The molecule has 15 heavy (non-hydrogen) atoms. The average Bonchev–Trinajstić information content (AvgIpc) is 2.51. The number of aryl methyl sites for hydroxylation is 1. The highest BCUT2D eigenvalue weighted by Gasteiger charge is 2.10. The van der Waals surface area contributed by atoms with Crippen LogP contribution in [0.4, 0.5) is 0 Å². The Morgan fingerprint density at radius 1 is 1.53 bits per heavy atom. The molecule has 1 rings (SSSR count). The van der Waals surface area contributed by atoms with Gasteiger partial charge in [0.05, 0.1) is 19.7 Å². The fourth-order valence-electron chi connectivity index (χ4n) is 1.12. The Hall–Kier alpha value is -1.43. The van der Waals surface area contributed by atoms with Crippen molar-refractivity contribution in [3.8, 4) is 0 Å². The van der Waals surface area contributed by atoms with Gasteiger partial charge in [0.2, 0.25) is 11.8 Å². The third kappa shape index (κ3) is 4.07. The Labute approximate surface area is 88.2 Å². The van der Waals surface area contributed by atoms with Gasteiger partial charge in [0.1, 0.15) is 0 Å². The van der Waals surface area contributed by atoms with Crippen molar-refractivity contribution >= 4 is 5.97 Å². The van der Waals surface area contributed by atoms with Gasteiger partial charge in [-0.3, -0.25) is 9.69 Å². The topological polar surface area (TPSA) is 68.5 Å². The zero-order valence-corrected chi connectivity index (χ0v) is 9.19. The first kappa shape index (κ1) is 11.6. The second kappa shape index (κ2) is 5.45. The molecule has 0 unspecified atom stereocenters. The first-order chi connectivity index (χ1) is 7.11. The third-order valence-corrected chi connectivity index (χ3v) is 1.68. The van der Waals surface area contributed by atoms with Crippen molar-refractivity contribution in [3.63, 3.8) is 0 Å². The third-order valence-electron chi connectivity index (χ3n) is 1.68. The molecule has 6 heteroatoms. The summed E-state index contributed by atoms with van der Waals surface area (Å²) in [5.41, 5.74) is 0. The molecule has 0 atom stereocenters. The summed E-state index contributed by atoms with van der Waals surface area (Å²) in [6.07, 6.45) is 0. The van der Waals surface area contributed by atoms with Crippen LogP contribution in [-0.4, -0.2) is 41.3 Å². The number of hydrogen-bond acceptors (Lipinski definition) is 6. The number of ether oxygens (including phenoxy) is 1. The van der Waals surface area contributed by atoms with Crippen molar-refractivity contribution in [2.45, 2.75) is 20.4 Å². The summed E-state index contributed by atoms with van der Waals surface area (Å²) < 4.78 is 9.99. The van der Waals surface area contributed by atoms with Crippen LogP contribution in [-0.2, 0) is 16.1 Å². The lowest BCUT2D eigenvalue weighted by Crippen LogP contribution is -2.27. The van der Waals surface area contributed by atoms with Crippen molar-refractivity contribution in [2.24, 2.45) is 0 Å². The Bertz CT molecular complexity index is 324. The highest BCUT2D eigenvalue weighted by atomic mass is 16.5. The minimum atomic E-state index is -0.253. The van der Waals surface area contributed by atoms with Crippen LogP contribution >= 0.6 is 0 Å². The molecule has 0 fully saturated rings. The zero-order valence-electron chi connectivity index (χ0n) is 9.19. The fraction of sp³-hybridized carbons (Fsp3) is 0.667. The van der Waals surface area contributed by atoms with Gasteiger partial charge in [-0.05, 0) is 14.0 Å². The Kier molecular flexibility index (Phi) is 4.23. The fourth-order valence-corrected chi connectivity index (χ4v) is 1.12. The minimum absolute atomic E-state index is 0.218. The lowest BCUT2D eigenvalue weighted by molar-refractivity contribution is -0.144. The summed E-state index contributed by atoms with van der Waals surface area (Å²) in [5.74, 6) is 0.769. The largest absolute Gasteiger partial charge is 0.465 e. The molecule has 0 aromatic carbocycles. The summed E-state index contributed by atoms with van der Waals surface area (Å²) in [6, 6.07) is 0. The van der Waals surface area contributed by atoms with Crippen LogP contribution in [0.25, 0.3) is 0 Å². The van der Waals surface area contributed by atoms with E-state index in [2.05, 4.69) is 10.2 Å². The Morgan fingerprint density at radius 2 is 2.27 bits per heavy atom. The second-order valence-corrected chi connectivity index (χ2v) is 3.19. The standard InChI is InChI=1S/C9H15N3O3/c1-4-14-9(13)6-12(3)5-8-11-10-7(2)15-8/h4-6H2,1-3H3. The molecule has 0 spiro atoms.